The Kier molecular flexibility index (Phi) is 4.55. The van der Waals surface area contributed by atoms with Crippen molar-refractivity contribution in [3.8, 4) is 5.75 Å². The number of nitrogens with two attached hydrogens (primary N) is 1. The predicted octanol–water partition coefficient (Wildman–Crippen LogP) is 4.27. The minimum Gasteiger partial charge on any atom is -0.490 e. The van der Waals surface area contributed by atoms with Crippen LogP contribution in [-0.4, -0.2) is 6.61 Å². The molecule has 2 nitrogen and oxygen atoms in total. The SMILES string of the molecule is Nc1cccc(Cl)c1OCC1CCCCCC1. The van der Waals surface area contributed by atoms with Crippen LogP contribution in [0, 0.1) is 5.92 Å². The van der Waals surface area contributed by atoms with Crippen LogP contribution in [0.1, 0.15) is 38.5 Å². The molecule has 0 heterocycles. The maximum absolute atomic E-state index is 6.07. The summed E-state index contributed by atoms with van der Waals surface area (Å²) in [5, 5.41) is 0.610. The van der Waals surface area contributed by atoms with E-state index in [9.17, 15) is 0 Å². The molecule has 0 unspecified atom stereocenters. The van der Waals surface area contributed by atoms with Gasteiger partial charge in [-0.3, -0.25) is 0 Å². The standard InChI is InChI=1S/C14H20ClNO/c15-12-8-5-9-13(16)14(12)17-10-11-6-3-1-2-4-7-11/h5,8-9,11H,1-4,6-7,10,16H2. The molecule has 1 aromatic carbocycles. The van der Waals surface area contributed by atoms with Gasteiger partial charge >= 0.3 is 0 Å². The van der Waals surface area contributed by atoms with E-state index in [0.29, 0.717) is 22.4 Å². The molecular weight excluding hydrogens is 234 g/mol. The monoisotopic (exact) mass is 253 g/mol. The smallest absolute Gasteiger partial charge is 0.160 e. The highest BCUT2D eigenvalue weighted by Gasteiger charge is 2.14. The number of anilines is 1. The second kappa shape index (κ2) is 6.15. The van der Waals surface area contributed by atoms with E-state index in [-0.39, 0.29) is 0 Å². The molecule has 2 N–H and O–H groups in total. The number of hydrogen-bond donors (Lipinski definition) is 1. The summed E-state index contributed by atoms with van der Waals surface area (Å²) in [6.07, 6.45) is 7.92. The molecule has 1 aromatic rings. The van der Waals surface area contributed by atoms with Crippen molar-refractivity contribution in [1.82, 2.24) is 0 Å². The third-order valence-electron chi connectivity index (χ3n) is 3.44. The Morgan fingerprint density at radius 2 is 1.88 bits per heavy atom. The van der Waals surface area contributed by atoms with Crippen LogP contribution in [0.25, 0.3) is 0 Å². The molecule has 94 valence electrons. The van der Waals surface area contributed by atoms with E-state index >= 15 is 0 Å². The molecule has 1 aliphatic rings. The molecule has 0 radical (unpaired) electrons. The van der Waals surface area contributed by atoms with Gasteiger partial charge in [0.2, 0.25) is 0 Å². The van der Waals surface area contributed by atoms with Gasteiger partial charge in [0.05, 0.1) is 17.3 Å². The van der Waals surface area contributed by atoms with Crippen molar-refractivity contribution in [2.75, 3.05) is 12.3 Å². The zero-order valence-electron chi connectivity index (χ0n) is 10.1. The van der Waals surface area contributed by atoms with Crippen molar-refractivity contribution < 1.29 is 4.74 Å². The molecule has 1 saturated carbocycles. The Morgan fingerprint density at radius 3 is 2.53 bits per heavy atom. The zero-order valence-corrected chi connectivity index (χ0v) is 10.9. The second-order valence-electron chi connectivity index (χ2n) is 4.83. The normalized spacial score (nSPS) is 17.7. The number of rotatable bonds is 3. The summed E-state index contributed by atoms with van der Waals surface area (Å²) < 4.78 is 5.81. The summed E-state index contributed by atoms with van der Waals surface area (Å²) in [4.78, 5) is 0. The van der Waals surface area contributed by atoms with Crippen LogP contribution >= 0.6 is 11.6 Å². The molecule has 0 aromatic heterocycles. The van der Waals surface area contributed by atoms with Crippen molar-refractivity contribution in [3.05, 3.63) is 23.2 Å². The van der Waals surface area contributed by atoms with Gasteiger partial charge in [0.1, 0.15) is 0 Å². The van der Waals surface area contributed by atoms with Gasteiger partial charge in [-0.05, 0) is 30.9 Å². The van der Waals surface area contributed by atoms with Gasteiger partial charge in [0, 0.05) is 0 Å². The van der Waals surface area contributed by atoms with Crippen LogP contribution in [0.2, 0.25) is 5.02 Å². The highest BCUT2D eigenvalue weighted by atomic mass is 35.5. The molecule has 0 amide bonds. The number of hydrogen-bond acceptors (Lipinski definition) is 2. The first-order chi connectivity index (χ1) is 8.27. The summed E-state index contributed by atoms with van der Waals surface area (Å²) in [7, 11) is 0. The Balaban J connectivity index is 1.92. The minimum atomic E-state index is 0.610. The molecule has 0 bridgehead atoms. The fourth-order valence-electron chi connectivity index (χ4n) is 2.41. The Bertz CT molecular complexity index is 339. The maximum Gasteiger partial charge on any atom is 0.160 e. The molecule has 0 atom stereocenters. The third kappa shape index (κ3) is 3.53. The first-order valence-corrected chi connectivity index (χ1v) is 6.82. The van der Waals surface area contributed by atoms with Crippen LogP contribution in [0.4, 0.5) is 5.69 Å². The van der Waals surface area contributed by atoms with Gasteiger partial charge in [-0.1, -0.05) is 43.4 Å². The van der Waals surface area contributed by atoms with Gasteiger partial charge in [0.25, 0.3) is 0 Å². The van der Waals surface area contributed by atoms with Crippen molar-refractivity contribution >= 4 is 17.3 Å². The summed E-state index contributed by atoms with van der Waals surface area (Å²) >= 11 is 6.07. The van der Waals surface area contributed by atoms with Crippen LogP contribution in [0.5, 0.6) is 5.75 Å². The fraction of sp³-hybridized carbons (Fsp3) is 0.571. The van der Waals surface area contributed by atoms with Gasteiger partial charge in [0.15, 0.2) is 5.75 Å². The summed E-state index contributed by atoms with van der Waals surface area (Å²) in [5.41, 5.74) is 6.49. The average molecular weight is 254 g/mol. The first kappa shape index (κ1) is 12.6. The lowest BCUT2D eigenvalue weighted by molar-refractivity contribution is 0.235. The van der Waals surface area contributed by atoms with Crippen LogP contribution in [-0.2, 0) is 0 Å². The molecule has 3 heteroatoms. The Morgan fingerprint density at radius 1 is 1.18 bits per heavy atom. The van der Waals surface area contributed by atoms with E-state index in [4.69, 9.17) is 22.1 Å². The van der Waals surface area contributed by atoms with E-state index in [1.165, 1.54) is 38.5 Å². The van der Waals surface area contributed by atoms with Crippen molar-refractivity contribution in [1.29, 1.82) is 0 Å². The maximum atomic E-state index is 6.07. The third-order valence-corrected chi connectivity index (χ3v) is 3.73. The van der Waals surface area contributed by atoms with E-state index in [1.807, 2.05) is 18.2 Å². The van der Waals surface area contributed by atoms with Gasteiger partial charge < -0.3 is 10.5 Å². The van der Waals surface area contributed by atoms with Crippen molar-refractivity contribution in [3.63, 3.8) is 0 Å². The number of nitrogen functional groups attached to an aromatic ring is 1. The van der Waals surface area contributed by atoms with E-state index in [1.54, 1.807) is 0 Å². The minimum absolute atomic E-state index is 0.610. The summed E-state index contributed by atoms with van der Waals surface area (Å²) in [5.74, 6) is 1.31. The largest absolute Gasteiger partial charge is 0.490 e. The molecular formula is C14H20ClNO. The van der Waals surface area contributed by atoms with Gasteiger partial charge in [-0.25, -0.2) is 0 Å². The predicted molar refractivity (Wildman–Crippen MR) is 72.6 cm³/mol. The van der Waals surface area contributed by atoms with Gasteiger partial charge in [-0.15, -0.1) is 0 Å². The molecule has 0 saturated heterocycles. The number of ether oxygens (including phenoxy) is 1. The molecule has 0 aliphatic heterocycles. The fourth-order valence-corrected chi connectivity index (χ4v) is 2.65. The van der Waals surface area contributed by atoms with Crippen LogP contribution in [0.15, 0.2) is 18.2 Å². The summed E-state index contributed by atoms with van der Waals surface area (Å²) in [6.45, 7) is 0.744. The van der Waals surface area contributed by atoms with Crippen LogP contribution < -0.4 is 10.5 Å². The van der Waals surface area contributed by atoms with Crippen LogP contribution in [0.3, 0.4) is 0 Å². The highest BCUT2D eigenvalue weighted by Crippen LogP contribution is 2.32. The molecule has 0 spiro atoms. The number of benzene rings is 1. The van der Waals surface area contributed by atoms with E-state index in [2.05, 4.69) is 0 Å². The number of halogens is 1. The molecule has 1 aliphatic carbocycles. The van der Waals surface area contributed by atoms with Crippen molar-refractivity contribution in [2.24, 2.45) is 5.92 Å². The lowest BCUT2D eigenvalue weighted by Gasteiger charge is -2.16. The highest BCUT2D eigenvalue weighted by molar-refractivity contribution is 6.32. The van der Waals surface area contributed by atoms with E-state index < -0.39 is 0 Å². The van der Waals surface area contributed by atoms with Crippen molar-refractivity contribution in [2.45, 2.75) is 38.5 Å². The lowest BCUT2D eigenvalue weighted by atomic mass is 10.0. The molecule has 17 heavy (non-hydrogen) atoms. The number of para-hydroxylation sites is 1. The lowest BCUT2D eigenvalue weighted by Crippen LogP contribution is -2.12. The second-order valence-corrected chi connectivity index (χ2v) is 5.23. The summed E-state index contributed by atoms with van der Waals surface area (Å²) in [6, 6.07) is 5.49. The Labute approximate surface area is 108 Å². The van der Waals surface area contributed by atoms with Gasteiger partial charge in [-0.2, -0.15) is 0 Å². The topological polar surface area (TPSA) is 35.2 Å². The Hall–Kier alpha value is -0.890. The van der Waals surface area contributed by atoms with E-state index in [0.717, 1.165) is 6.61 Å². The molecule has 2 rings (SSSR count). The zero-order chi connectivity index (χ0) is 12.1. The average Bonchev–Trinajstić information content (AvgIpc) is 2.57. The quantitative estimate of drug-likeness (QED) is 0.645. The molecule has 1 fully saturated rings. The first-order valence-electron chi connectivity index (χ1n) is 6.44.